The summed E-state index contributed by atoms with van der Waals surface area (Å²) < 4.78 is 0. The molecule has 6 heteroatoms. The zero-order valence-electron chi connectivity index (χ0n) is 12.2. The van der Waals surface area contributed by atoms with Gasteiger partial charge in [0.05, 0.1) is 12.5 Å². The number of nitrogens with one attached hydrogen (secondary N) is 1. The topological polar surface area (TPSA) is 89.9 Å². The van der Waals surface area contributed by atoms with Gasteiger partial charge in [-0.1, -0.05) is 19.8 Å². The summed E-state index contributed by atoms with van der Waals surface area (Å²) in [5.41, 5.74) is 0. The van der Waals surface area contributed by atoms with Gasteiger partial charge in [-0.2, -0.15) is 0 Å². The van der Waals surface area contributed by atoms with E-state index in [1.807, 2.05) is 6.92 Å². The number of carboxylic acids is 1. The zero-order chi connectivity index (χ0) is 15.0. The molecule has 1 saturated carbocycles. The summed E-state index contributed by atoms with van der Waals surface area (Å²) in [6, 6.07) is -0.260. The van der Waals surface area contributed by atoms with Gasteiger partial charge in [-0.25, -0.2) is 4.79 Å². The molecule has 0 radical (unpaired) electrons. The van der Waals surface area contributed by atoms with E-state index >= 15 is 0 Å². The standard InChI is InChI=1S/C14H26N2O4/c1-2-3-7-16(8-9-17)14(20)15-12-6-4-5-11(10-12)13(18)19/h11-12,17H,2-10H2,1H3,(H,15,20)(H,18,19). The van der Waals surface area contributed by atoms with Gasteiger partial charge in [-0.3, -0.25) is 4.79 Å². The lowest BCUT2D eigenvalue weighted by Crippen LogP contribution is -2.48. The van der Waals surface area contributed by atoms with E-state index in [-0.39, 0.29) is 24.6 Å². The van der Waals surface area contributed by atoms with E-state index in [2.05, 4.69) is 5.32 Å². The largest absolute Gasteiger partial charge is 0.481 e. The van der Waals surface area contributed by atoms with Crippen molar-refractivity contribution < 1.29 is 19.8 Å². The Morgan fingerprint density at radius 2 is 2.05 bits per heavy atom. The minimum absolute atomic E-state index is 0.0560. The number of carbonyl (C=O) groups is 2. The van der Waals surface area contributed by atoms with Crippen molar-refractivity contribution in [3.05, 3.63) is 0 Å². The van der Waals surface area contributed by atoms with Gasteiger partial charge in [-0.05, 0) is 25.7 Å². The van der Waals surface area contributed by atoms with Gasteiger partial charge in [-0.15, -0.1) is 0 Å². The fourth-order valence-electron chi connectivity index (χ4n) is 2.60. The monoisotopic (exact) mass is 286 g/mol. The van der Waals surface area contributed by atoms with Gasteiger partial charge >= 0.3 is 12.0 Å². The summed E-state index contributed by atoms with van der Waals surface area (Å²) in [6.45, 7) is 2.94. The van der Waals surface area contributed by atoms with Crippen molar-refractivity contribution in [3.63, 3.8) is 0 Å². The Morgan fingerprint density at radius 3 is 2.65 bits per heavy atom. The maximum atomic E-state index is 12.1. The molecule has 2 atom stereocenters. The second-order valence-corrected chi connectivity index (χ2v) is 5.41. The first-order chi connectivity index (χ1) is 9.58. The van der Waals surface area contributed by atoms with Crippen LogP contribution in [-0.4, -0.2) is 52.9 Å². The third-order valence-electron chi connectivity index (χ3n) is 3.79. The van der Waals surface area contributed by atoms with Crippen LogP contribution in [0.25, 0.3) is 0 Å². The number of unbranched alkanes of at least 4 members (excludes halogenated alkanes) is 1. The Labute approximate surface area is 120 Å². The maximum Gasteiger partial charge on any atom is 0.317 e. The molecule has 116 valence electrons. The Bertz CT molecular complexity index is 322. The molecule has 6 nitrogen and oxygen atoms in total. The number of urea groups is 1. The first kappa shape index (κ1) is 16.8. The SMILES string of the molecule is CCCCN(CCO)C(=O)NC1CCCC(C(=O)O)C1. The molecule has 0 spiro atoms. The number of carboxylic acid groups (broad SMARTS) is 1. The second-order valence-electron chi connectivity index (χ2n) is 5.41. The van der Waals surface area contributed by atoms with E-state index in [0.717, 1.165) is 25.7 Å². The lowest BCUT2D eigenvalue weighted by Gasteiger charge is -2.30. The fraction of sp³-hybridized carbons (Fsp3) is 0.857. The highest BCUT2D eigenvalue weighted by Crippen LogP contribution is 2.24. The van der Waals surface area contributed by atoms with Crippen LogP contribution < -0.4 is 5.32 Å². The number of aliphatic hydroxyl groups excluding tert-OH is 1. The molecule has 20 heavy (non-hydrogen) atoms. The molecule has 0 aliphatic heterocycles. The highest BCUT2D eigenvalue weighted by atomic mass is 16.4. The molecular weight excluding hydrogens is 260 g/mol. The summed E-state index contributed by atoms with van der Waals surface area (Å²) in [4.78, 5) is 24.8. The number of carbonyl (C=O) groups excluding carboxylic acids is 1. The van der Waals surface area contributed by atoms with Crippen LogP contribution in [0.5, 0.6) is 0 Å². The Morgan fingerprint density at radius 1 is 1.30 bits per heavy atom. The van der Waals surface area contributed by atoms with Crippen molar-refractivity contribution in [1.82, 2.24) is 10.2 Å². The third kappa shape index (κ3) is 5.36. The average Bonchev–Trinajstić information content (AvgIpc) is 2.43. The summed E-state index contributed by atoms with van der Waals surface area (Å²) >= 11 is 0. The molecule has 1 aliphatic carbocycles. The first-order valence-electron chi connectivity index (χ1n) is 7.47. The molecular formula is C14H26N2O4. The Kier molecular flexibility index (Phi) is 7.36. The van der Waals surface area contributed by atoms with Gasteiger partial charge in [0.15, 0.2) is 0 Å². The number of hydrogen-bond acceptors (Lipinski definition) is 3. The van der Waals surface area contributed by atoms with Crippen LogP contribution in [0.1, 0.15) is 45.4 Å². The van der Waals surface area contributed by atoms with Crippen molar-refractivity contribution in [2.45, 2.75) is 51.5 Å². The highest BCUT2D eigenvalue weighted by Gasteiger charge is 2.28. The van der Waals surface area contributed by atoms with E-state index in [9.17, 15) is 9.59 Å². The lowest BCUT2D eigenvalue weighted by molar-refractivity contribution is -0.143. The molecule has 1 fully saturated rings. The molecule has 2 amide bonds. The number of aliphatic hydroxyl groups is 1. The lowest BCUT2D eigenvalue weighted by atomic mass is 9.86. The Hall–Kier alpha value is -1.30. The van der Waals surface area contributed by atoms with Gasteiger partial charge in [0.25, 0.3) is 0 Å². The van der Waals surface area contributed by atoms with Crippen LogP contribution in [0, 0.1) is 5.92 Å². The third-order valence-corrected chi connectivity index (χ3v) is 3.79. The molecule has 0 aromatic rings. The van der Waals surface area contributed by atoms with Gasteiger partial charge < -0.3 is 20.4 Å². The molecule has 2 unspecified atom stereocenters. The van der Waals surface area contributed by atoms with Crippen LogP contribution in [-0.2, 0) is 4.79 Å². The molecule has 0 aromatic carbocycles. The minimum Gasteiger partial charge on any atom is -0.481 e. The molecule has 1 aliphatic rings. The van der Waals surface area contributed by atoms with E-state index in [4.69, 9.17) is 10.2 Å². The van der Waals surface area contributed by atoms with E-state index in [1.165, 1.54) is 0 Å². The van der Waals surface area contributed by atoms with Crippen LogP contribution in [0.2, 0.25) is 0 Å². The molecule has 0 bridgehead atoms. The Balaban J connectivity index is 2.47. The number of nitrogens with zero attached hydrogens (tertiary/aromatic N) is 1. The normalized spacial score (nSPS) is 22.3. The van der Waals surface area contributed by atoms with Gasteiger partial charge in [0, 0.05) is 19.1 Å². The predicted octanol–water partition coefficient (Wildman–Crippen LogP) is 1.43. The van der Waals surface area contributed by atoms with Crippen LogP contribution in [0.4, 0.5) is 4.79 Å². The van der Waals surface area contributed by atoms with Crippen molar-refractivity contribution in [2.75, 3.05) is 19.7 Å². The zero-order valence-corrected chi connectivity index (χ0v) is 12.2. The van der Waals surface area contributed by atoms with Gasteiger partial charge in [0.1, 0.15) is 0 Å². The molecule has 1 rings (SSSR count). The van der Waals surface area contributed by atoms with Gasteiger partial charge in [0.2, 0.25) is 0 Å². The minimum atomic E-state index is -0.776. The van der Waals surface area contributed by atoms with E-state index in [1.54, 1.807) is 4.90 Å². The van der Waals surface area contributed by atoms with E-state index in [0.29, 0.717) is 25.9 Å². The number of aliphatic carboxylic acids is 1. The van der Waals surface area contributed by atoms with Crippen molar-refractivity contribution in [3.8, 4) is 0 Å². The quantitative estimate of drug-likeness (QED) is 0.660. The average molecular weight is 286 g/mol. The summed E-state index contributed by atoms with van der Waals surface area (Å²) in [5.74, 6) is -1.13. The number of amides is 2. The number of rotatable bonds is 7. The molecule has 0 aromatic heterocycles. The fourth-order valence-corrected chi connectivity index (χ4v) is 2.60. The van der Waals surface area contributed by atoms with Crippen molar-refractivity contribution >= 4 is 12.0 Å². The smallest absolute Gasteiger partial charge is 0.317 e. The summed E-state index contributed by atoms with van der Waals surface area (Å²) in [5, 5.41) is 21.0. The first-order valence-corrected chi connectivity index (χ1v) is 7.47. The molecule has 3 N–H and O–H groups in total. The van der Waals surface area contributed by atoms with Crippen LogP contribution in [0.15, 0.2) is 0 Å². The number of hydrogen-bond donors (Lipinski definition) is 3. The van der Waals surface area contributed by atoms with Crippen molar-refractivity contribution in [1.29, 1.82) is 0 Å². The highest BCUT2D eigenvalue weighted by molar-refractivity contribution is 5.75. The predicted molar refractivity (Wildman–Crippen MR) is 75.5 cm³/mol. The van der Waals surface area contributed by atoms with Crippen molar-refractivity contribution in [2.24, 2.45) is 5.92 Å². The molecule has 0 heterocycles. The summed E-state index contributed by atoms with van der Waals surface area (Å²) in [6.07, 6.45) is 4.74. The van der Waals surface area contributed by atoms with E-state index < -0.39 is 5.97 Å². The summed E-state index contributed by atoms with van der Waals surface area (Å²) in [7, 11) is 0. The second kappa shape index (κ2) is 8.79. The van der Waals surface area contributed by atoms with Crippen LogP contribution in [0.3, 0.4) is 0 Å². The molecule has 0 saturated heterocycles. The maximum absolute atomic E-state index is 12.1. The van der Waals surface area contributed by atoms with Crippen LogP contribution >= 0.6 is 0 Å².